The quantitative estimate of drug-likeness (QED) is 0.807. The first-order chi connectivity index (χ1) is 13.5. The van der Waals surface area contributed by atoms with Crippen molar-refractivity contribution in [3.8, 4) is 5.75 Å². The van der Waals surface area contributed by atoms with E-state index >= 15 is 0 Å². The number of carbonyl (C=O) groups is 2. The molecule has 1 aromatic carbocycles. The first-order valence-corrected chi connectivity index (χ1v) is 9.74. The molecule has 4 rings (SSSR count). The number of nitrogens with zero attached hydrogens (tertiary/aromatic N) is 2. The molecule has 0 aliphatic carbocycles. The molecule has 2 aromatic rings. The Morgan fingerprint density at radius 3 is 2.68 bits per heavy atom. The summed E-state index contributed by atoms with van der Waals surface area (Å²) in [6, 6.07) is 12.7. The summed E-state index contributed by atoms with van der Waals surface area (Å²) in [5.74, 6) is -0.389. The van der Waals surface area contributed by atoms with Gasteiger partial charge < -0.3 is 14.7 Å². The summed E-state index contributed by atoms with van der Waals surface area (Å²) in [4.78, 5) is 32.2. The SMILES string of the molecule is CCOC(=O)[C@@]1(Cc2ccccc2)C[C@H]2CC[C@@H]1N2C(=O)c1ccc(O)cn1. The Kier molecular flexibility index (Phi) is 4.79. The van der Waals surface area contributed by atoms with Gasteiger partial charge in [0.05, 0.1) is 18.2 Å². The van der Waals surface area contributed by atoms with Gasteiger partial charge in [-0.2, -0.15) is 0 Å². The van der Waals surface area contributed by atoms with Gasteiger partial charge in [-0.05, 0) is 50.3 Å². The molecule has 2 saturated heterocycles. The first-order valence-electron chi connectivity index (χ1n) is 9.74. The predicted molar refractivity (Wildman–Crippen MR) is 103 cm³/mol. The Bertz CT molecular complexity index is 868. The van der Waals surface area contributed by atoms with Gasteiger partial charge in [0.2, 0.25) is 0 Å². The maximum Gasteiger partial charge on any atom is 0.314 e. The molecule has 6 nitrogen and oxygen atoms in total. The lowest BCUT2D eigenvalue weighted by Crippen LogP contribution is -2.47. The van der Waals surface area contributed by atoms with Crippen LogP contribution in [0.3, 0.4) is 0 Å². The summed E-state index contributed by atoms with van der Waals surface area (Å²) in [7, 11) is 0. The second kappa shape index (κ2) is 7.26. The van der Waals surface area contributed by atoms with Crippen LogP contribution in [0.4, 0.5) is 0 Å². The highest BCUT2D eigenvalue weighted by Crippen LogP contribution is 2.52. The molecule has 28 heavy (non-hydrogen) atoms. The zero-order valence-electron chi connectivity index (χ0n) is 15.9. The Morgan fingerprint density at radius 1 is 1.21 bits per heavy atom. The van der Waals surface area contributed by atoms with Gasteiger partial charge in [-0.15, -0.1) is 0 Å². The summed E-state index contributed by atoms with van der Waals surface area (Å²) in [6.45, 7) is 2.13. The van der Waals surface area contributed by atoms with Gasteiger partial charge in [0.25, 0.3) is 5.91 Å². The maximum absolute atomic E-state index is 13.2. The van der Waals surface area contributed by atoms with Crippen molar-refractivity contribution < 1.29 is 19.4 Å². The summed E-state index contributed by atoms with van der Waals surface area (Å²) in [5, 5.41) is 9.45. The summed E-state index contributed by atoms with van der Waals surface area (Å²) in [5.41, 5.74) is 0.625. The van der Waals surface area contributed by atoms with Crippen molar-refractivity contribution in [2.24, 2.45) is 5.41 Å². The number of esters is 1. The van der Waals surface area contributed by atoms with Gasteiger partial charge in [0.1, 0.15) is 11.4 Å². The molecule has 0 radical (unpaired) electrons. The van der Waals surface area contributed by atoms with Crippen LogP contribution in [0.15, 0.2) is 48.7 Å². The van der Waals surface area contributed by atoms with Crippen molar-refractivity contribution in [3.63, 3.8) is 0 Å². The molecule has 3 heterocycles. The molecule has 3 atom stereocenters. The van der Waals surface area contributed by atoms with E-state index < -0.39 is 5.41 Å². The van der Waals surface area contributed by atoms with Gasteiger partial charge >= 0.3 is 5.97 Å². The Morgan fingerprint density at radius 2 is 2.00 bits per heavy atom. The minimum atomic E-state index is -0.729. The Labute approximate surface area is 164 Å². The lowest BCUT2D eigenvalue weighted by molar-refractivity contribution is -0.157. The average molecular weight is 380 g/mol. The number of rotatable bonds is 5. The first kappa shape index (κ1) is 18.5. The van der Waals surface area contributed by atoms with Crippen LogP contribution in [0.2, 0.25) is 0 Å². The molecule has 1 amide bonds. The number of benzene rings is 1. The molecular weight excluding hydrogens is 356 g/mol. The number of hydrogen-bond acceptors (Lipinski definition) is 5. The molecule has 2 bridgehead atoms. The summed E-state index contributed by atoms with van der Waals surface area (Å²) in [6.07, 6.45) is 4.09. The molecule has 1 aromatic heterocycles. The lowest BCUT2D eigenvalue weighted by Gasteiger charge is -2.35. The monoisotopic (exact) mass is 380 g/mol. The van der Waals surface area contributed by atoms with Gasteiger partial charge in [0, 0.05) is 12.1 Å². The standard InChI is InChI=1S/C22H24N2O4/c1-2-28-21(27)22(12-15-6-4-3-5-7-15)13-16-8-11-19(22)24(16)20(26)18-10-9-17(25)14-23-18/h3-7,9-10,14,16,19,25H,2,8,11-13H2,1H3/t16-,19+,22+/m1/s1. The Balaban J connectivity index is 1.68. The third-order valence-corrected chi connectivity index (χ3v) is 5.99. The van der Waals surface area contributed by atoms with Crippen LogP contribution >= 0.6 is 0 Å². The maximum atomic E-state index is 13.2. The van der Waals surface area contributed by atoms with Gasteiger partial charge in [0.15, 0.2) is 0 Å². The topological polar surface area (TPSA) is 79.7 Å². The minimum absolute atomic E-state index is 0.00113. The smallest absolute Gasteiger partial charge is 0.314 e. The van der Waals surface area contributed by atoms with Crippen molar-refractivity contribution in [1.82, 2.24) is 9.88 Å². The number of aromatic hydroxyl groups is 1. The van der Waals surface area contributed by atoms with E-state index in [1.165, 1.54) is 18.3 Å². The van der Waals surface area contributed by atoms with Crippen molar-refractivity contribution >= 4 is 11.9 Å². The van der Waals surface area contributed by atoms with Crippen LogP contribution in [0.25, 0.3) is 0 Å². The third kappa shape index (κ3) is 3.03. The molecule has 2 fully saturated rings. The fourth-order valence-electron chi connectivity index (χ4n) is 4.85. The second-order valence-corrected chi connectivity index (χ2v) is 7.60. The van der Waals surface area contributed by atoms with E-state index in [4.69, 9.17) is 4.74 Å². The van der Waals surface area contributed by atoms with E-state index in [2.05, 4.69) is 4.98 Å². The van der Waals surface area contributed by atoms with Crippen molar-refractivity contribution in [2.45, 2.75) is 44.7 Å². The van der Waals surface area contributed by atoms with Gasteiger partial charge in [-0.1, -0.05) is 30.3 Å². The zero-order valence-corrected chi connectivity index (χ0v) is 15.9. The number of hydrogen-bond donors (Lipinski definition) is 1. The molecule has 0 spiro atoms. The highest BCUT2D eigenvalue weighted by molar-refractivity contribution is 5.94. The van der Waals surface area contributed by atoms with E-state index in [-0.39, 0.29) is 35.4 Å². The Hall–Kier alpha value is -2.89. The molecule has 0 saturated carbocycles. The zero-order chi connectivity index (χ0) is 19.7. The van der Waals surface area contributed by atoms with E-state index in [9.17, 15) is 14.7 Å². The number of amides is 1. The number of fused-ring (bicyclic) bond motifs is 2. The molecular formula is C22H24N2O4. The lowest BCUT2D eigenvalue weighted by atomic mass is 9.70. The van der Waals surface area contributed by atoms with E-state index in [1.807, 2.05) is 42.2 Å². The summed E-state index contributed by atoms with van der Waals surface area (Å²) < 4.78 is 5.48. The second-order valence-electron chi connectivity index (χ2n) is 7.60. The van der Waals surface area contributed by atoms with Crippen LogP contribution in [0.1, 0.15) is 42.2 Å². The van der Waals surface area contributed by atoms with E-state index in [1.54, 1.807) is 0 Å². The number of pyridine rings is 1. The van der Waals surface area contributed by atoms with E-state index in [0.29, 0.717) is 19.4 Å². The van der Waals surface area contributed by atoms with E-state index in [0.717, 1.165) is 18.4 Å². The highest BCUT2D eigenvalue weighted by Gasteiger charge is 2.62. The highest BCUT2D eigenvalue weighted by atomic mass is 16.5. The summed E-state index contributed by atoms with van der Waals surface area (Å²) >= 11 is 0. The minimum Gasteiger partial charge on any atom is -0.506 e. The van der Waals surface area contributed by atoms with Crippen LogP contribution < -0.4 is 0 Å². The normalized spacial score (nSPS) is 25.7. The fraction of sp³-hybridized carbons (Fsp3) is 0.409. The molecule has 1 N–H and O–H groups in total. The van der Waals surface area contributed by atoms with Crippen LogP contribution in [-0.2, 0) is 16.0 Å². The number of aromatic nitrogens is 1. The predicted octanol–water partition coefficient (Wildman–Crippen LogP) is 2.96. The van der Waals surface area contributed by atoms with Gasteiger partial charge in [-0.3, -0.25) is 9.59 Å². The molecule has 2 aliphatic heterocycles. The molecule has 6 heteroatoms. The van der Waals surface area contributed by atoms with Gasteiger partial charge in [-0.25, -0.2) is 4.98 Å². The molecule has 0 unspecified atom stereocenters. The molecule has 146 valence electrons. The average Bonchev–Trinajstić information content (AvgIpc) is 3.25. The molecule has 2 aliphatic rings. The van der Waals surface area contributed by atoms with Crippen molar-refractivity contribution in [1.29, 1.82) is 0 Å². The fourth-order valence-corrected chi connectivity index (χ4v) is 4.85. The van der Waals surface area contributed by atoms with Crippen LogP contribution in [-0.4, -0.2) is 45.6 Å². The van der Waals surface area contributed by atoms with Crippen molar-refractivity contribution in [3.05, 3.63) is 59.9 Å². The largest absolute Gasteiger partial charge is 0.506 e. The van der Waals surface area contributed by atoms with Crippen molar-refractivity contribution in [2.75, 3.05) is 6.61 Å². The number of carbonyl (C=O) groups excluding carboxylic acids is 2. The number of ether oxygens (including phenoxy) is 1. The van der Waals surface area contributed by atoms with Crippen LogP contribution in [0.5, 0.6) is 5.75 Å². The van der Waals surface area contributed by atoms with Crippen LogP contribution in [0, 0.1) is 5.41 Å². The third-order valence-electron chi connectivity index (χ3n) is 5.99.